The summed E-state index contributed by atoms with van der Waals surface area (Å²) in [6, 6.07) is 1.65. The van der Waals surface area contributed by atoms with Crippen molar-refractivity contribution in [1.29, 1.82) is 0 Å². The second-order valence-corrected chi connectivity index (χ2v) is 8.15. The molecule has 142 valence electrons. The Morgan fingerprint density at radius 3 is 2.81 bits per heavy atom. The summed E-state index contributed by atoms with van der Waals surface area (Å²) in [5.41, 5.74) is 6.20. The highest BCUT2D eigenvalue weighted by Crippen LogP contribution is 2.34. The Balaban J connectivity index is 1.47. The Labute approximate surface area is 157 Å². The number of nitrogens with one attached hydrogen (secondary N) is 2. The van der Waals surface area contributed by atoms with Crippen LogP contribution >= 0.6 is 11.3 Å². The molecular formula is C18H26N4O3S. The van der Waals surface area contributed by atoms with Crippen LogP contribution in [0.15, 0.2) is 16.4 Å². The van der Waals surface area contributed by atoms with E-state index in [-0.39, 0.29) is 17.8 Å². The molecule has 2 fully saturated rings. The van der Waals surface area contributed by atoms with Crippen molar-refractivity contribution in [3.05, 3.63) is 21.9 Å². The van der Waals surface area contributed by atoms with Crippen molar-refractivity contribution in [2.45, 2.75) is 51.1 Å². The van der Waals surface area contributed by atoms with Crippen LogP contribution in [0.25, 0.3) is 0 Å². The third-order valence-corrected chi connectivity index (χ3v) is 6.34. The maximum atomic E-state index is 12.4. The van der Waals surface area contributed by atoms with Gasteiger partial charge < -0.3 is 21.5 Å². The second kappa shape index (κ2) is 8.64. The van der Waals surface area contributed by atoms with E-state index in [1.807, 2.05) is 0 Å². The van der Waals surface area contributed by atoms with E-state index in [1.54, 1.807) is 11.4 Å². The van der Waals surface area contributed by atoms with Crippen molar-refractivity contribution >= 4 is 29.2 Å². The zero-order chi connectivity index (χ0) is 18.5. The standard InChI is InChI=1S/C18H26N4O3S/c19-16(22-18(24)25)13-6-14(26-10-13)9-21-17(23)15-7-12(8-20-15)11-4-2-1-3-5-11/h6,10-12,15,20H,1-5,7-9H2,(H2,19,22)(H,21,23)(H,24,25)/t12-,15+/m1/s1. The Bertz CT molecular complexity index is 682. The molecule has 1 aliphatic heterocycles. The molecule has 7 nitrogen and oxygen atoms in total. The van der Waals surface area contributed by atoms with Crippen molar-refractivity contribution in [2.75, 3.05) is 6.54 Å². The normalized spacial score (nSPS) is 24.5. The molecule has 0 spiro atoms. The first-order chi connectivity index (χ1) is 12.5. The van der Waals surface area contributed by atoms with Crippen LogP contribution in [0.1, 0.15) is 49.0 Å². The lowest BCUT2D eigenvalue weighted by atomic mass is 9.79. The number of hydrogen-bond donors (Lipinski definition) is 4. The molecule has 5 N–H and O–H groups in total. The minimum atomic E-state index is -1.32. The van der Waals surface area contributed by atoms with Crippen LogP contribution in [0.5, 0.6) is 0 Å². The Morgan fingerprint density at radius 1 is 1.31 bits per heavy atom. The molecule has 26 heavy (non-hydrogen) atoms. The molecular weight excluding hydrogens is 352 g/mol. The van der Waals surface area contributed by atoms with E-state index >= 15 is 0 Å². The average Bonchev–Trinajstić information content (AvgIpc) is 3.29. The molecule has 1 saturated carbocycles. The molecule has 2 amide bonds. The maximum Gasteiger partial charge on any atom is 0.433 e. The van der Waals surface area contributed by atoms with Gasteiger partial charge in [-0.05, 0) is 30.9 Å². The molecule has 2 atom stereocenters. The van der Waals surface area contributed by atoms with Gasteiger partial charge in [-0.15, -0.1) is 11.3 Å². The number of hydrogen-bond acceptors (Lipinski definition) is 4. The van der Waals surface area contributed by atoms with E-state index < -0.39 is 6.09 Å². The van der Waals surface area contributed by atoms with Gasteiger partial charge in [-0.2, -0.15) is 4.99 Å². The van der Waals surface area contributed by atoms with Gasteiger partial charge >= 0.3 is 6.09 Å². The molecule has 2 aliphatic rings. The number of nitrogens with two attached hydrogens (primary N) is 1. The van der Waals surface area contributed by atoms with Gasteiger partial charge in [0.15, 0.2) is 0 Å². The van der Waals surface area contributed by atoms with Crippen molar-refractivity contribution in [2.24, 2.45) is 22.6 Å². The van der Waals surface area contributed by atoms with Gasteiger partial charge in [0.25, 0.3) is 0 Å². The lowest BCUT2D eigenvalue weighted by Gasteiger charge is -2.26. The first-order valence-corrected chi connectivity index (χ1v) is 10.1. The molecule has 0 bridgehead atoms. The van der Waals surface area contributed by atoms with Gasteiger partial charge in [-0.3, -0.25) is 4.79 Å². The summed E-state index contributed by atoms with van der Waals surface area (Å²) in [6.07, 6.45) is 6.22. The molecule has 1 saturated heterocycles. The third-order valence-electron chi connectivity index (χ3n) is 5.40. The van der Waals surface area contributed by atoms with Crippen LogP contribution in [0.3, 0.4) is 0 Å². The number of carbonyl (C=O) groups is 2. The van der Waals surface area contributed by atoms with Gasteiger partial charge in [0.1, 0.15) is 5.84 Å². The molecule has 0 aromatic carbocycles. The van der Waals surface area contributed by atoms with E-state index in [4.69, 9.17) is 10.8 Å². The highest BCUT2D eigenvalue weighted by atomic mass is 32.1. The number of carbonyl (C=O) groups excluding carboxylic acids is 1. The number of amidine groups is 1. The fourth-order valence-corrected chi connectivity index (χ4v) is 4.82. The largest absolute Gasteiger partial charge is 0.463 e. The number of thiophene rings is 1. The van der Waals surface area contributed by atoms with Crippen LogP contribution in [0.4, 0.5) is 4.79 Å². The number of rotatable bonds is 5. The summed E-state index contributed by atoms with van der Waals surface area (Å²) in [4.78, 5) is 27.2. The number of aliphatic imine (C=N–C) groups is 1. The predicted octanol–water partition coefficient (Wildman–Crippen LogP) is 2.31. The van der Waals surface area contributed by atoms with Crippen molar-refractivity contribution in [1.82, 2.24) is 10.6 Å². The summed E-state index contributed by atoms with van der Waals surface area (Å²) >= 11 is 1.42. The lowest BCUT2D eigenvalue weighted by molar-refractivity contribution is -0.123. The van der Waals surface area contributed by atoms with Crippen molar-refractivity contribution < 1.29 is 14.7 Å². The van der Waals surface area contributed by atoms with E-state index in [0.29, 0.717) is 18.0 Å². The van der Waals surface area contributed by atoms with Crippen molar-refractivity contribution in [3.8, 4) is 0 Å². The topological polar surface area (TPSA) is 117 Å². The van der Waals surface area contributed by atoms with Crippen LogP contribution in [-0.2, 0) is 11.3 Å². The molecule has 8 heteroatoms. The molecule has 2 heterocycles. The zero-order valence-electron chi connectivity index (χ0n) is 14.7. The summed E-state index contributed by atoms with van der Waals surface area (Å²) in [5, 5.41) is 16.7. The van der Waals surface area contributed by atoms with Gasteiger partial charge in [0.2, 0.25) is 5.91 Å². The average molecular weight is 378 g/mol. The molecule has 1 aromatic rings. The van der Waals surface area contributed by atoms with E-state index in [0.717, 1.165) is 23.8 Å². The first-order valence-electron chi connectivity index (χ1n) is 9.19. The minimum Gasteiger partial charge on any atom is -0.463 e. The SMILES string of the molecule is NC(=NC(=O)O)c1csc(CNC(=O)[C@@H]2C[C@@H](C3CCCCC3)CN2)c1. The fraction of sp³-hybridized carbons (Fsp3) is 0.611. The van der Waals surface area contributed by atoms with E-state index in [1.165, 1.54) is 43.4 Å². The Morgan fingerprint density at radius 2 is 2.08 bits per heavy atom. The van der Waals surface area contributed by atoms with Crippen LogP contribution in [0, 0.1) is 11.8 Å². The number of nitrogens with zero attached hydrogens (tertiary/aromatic N) is 1. The minimum absolute atomic E-state index is 0.0286. The summed E-state index contributed by atoms with van der Waals surface area (Å²) in [7, 11) is 0. The van der Waals surface area contributed by atoms with Crippen LogP contribution in [0.2, 0.25) is 0 Å². The van der Waals surface area contributed by atoms with Gasteiger partial charge in [-0.25, -0.2) is 4.79 Å². The van der Waals surface area contributed by atoms with Crippen LogP contribution < -0.4 is 16.4 Å². The molecule has 0 unspecified atom stereocenters. The first kappa shape index (κ1) is 18.8. The van der Waals surface area contributed by atoms with E-state index in [9.17, 15) is 9.59 Å². The number of carboxylic acid groups (broad SMARTS) is 1. The highest BCUT2D eigenvalue weighted by Gasteiger charge is 2.34. The molecule has 0 radical (unpaired) electrons. The third kappa shape index (κ3) is 4.82. The smallest absolute Gasteiger partial charge is 0.433 e. The molecule has 3 rings (SSSR count). The zero-order valence-corrected chi connectivity index (χ0v) is 15.6. The maximum absolute atomic E-state index is 12.4. The monoisotopic (exact) mass is 378 g/mol. The summed E-state index contributed by atoms with van der Waals surface area (Å²) in [6.45, 7) is 1.35. The predicted molar refractivity (Wildman–Crippen MR) is 101 cm³/mol. The molecule has 1 aromatic heterocycles. The Hall–Kier alpha value is -1.93. The van der Waals surface area contributed by atoms with Crippen molar-refractivity contribution in [3.63, 3.8) is 0 Å². The molecule has 1 aliphatic carbocycles. The fourth-order valence-electron chi connectivity index (χ4n) is 4.00. The van der Waals surface area contributed by atoms with Gasteiger partial charge in [-0.1, -0.05) is 32.1 Å². The van der Waals surface area contributed by atoms with Gasteiger partial charge in [0.05, 0.1) is 12.6 Å². The Kier molecular flexibility index (Phi) is 6.26. The number of amides is 2. The van der Waals surface area contributed by atoms with E-state index in [2.05, 4.69) is 15.6 Å². The summed E-state index contributed by atoms with van der Waals surface area (Å²) < 4.78 is 0. The summed E-state index contributed by atoms with van der Waals surface area (Å²) in [5.74, 6) is 1.39. The lowest BCUT2D eigenvalue weighted by Crippen LogP contribution is -2.39. The quantitative estimate of drug-likeness (QED) is 0.463. The van der Waals surface area contributed by atoms with Gasteiger partial charge in [0, 0.05) is 15.8 Å². The second-order valence-electron chi connectivity index (χ2n) is 7.15. The highest BCUT2D eigenvalue weighted by molar-refractivity contribution is 7.10. The van der Waals surface area contributed by atoms with Crippen LogP contribution in [-0.4, -0.2) is 35.5 Å².